The number of nitrogens with zero attached hydrogens (tertiary/aromatic N) is 1. The number of aromatic amines is 1. The van der Waals surface area contributed by atoms with Crippen LogP contribution in [0.3, 0.4) is 0 Å². The van der Waals surface area contributed by atoms with E-state index in [4.69, 9.17) is 5.73 Å². The first kappa shape index (κ1) is 26.4. The van der Waals surface area contributed by atoms with Gasteiger partial charge in [0.15, 0.2) is 0 Å². The first-order valence-electron chi connectivity index (χ1n) is 12.7. The molecule has 1 aliphatic heterocycles. The average Bonchev–Trinajstić information content (AvgIpc) is 3.31. The molecule has 6 N–H and O–H groups in total. The maximum absolute atomic E-state index is 14.0. The smallest absolute Gasteiger partial charge is 0.245 e. The van der Waals surface area contributed by atoms with Gasteiger partial charge in [-0.1, -0.05) is 48.5 Å². The first-order valence-corrected chi connectivity index (χ1v) is 12.7. The van der Waals surface area contributed by atoms with E-state index < -0.39 is 23.4 Å². The Morgan fingerprint density at radius 3 is 2.57 bits per heavy atom. The molecule has 1 aliphatic rings. The highest BCUT2D eigenvalue weighted by molar-refractivity contribution is 5.92. The Labute approximate surface area is 217 Å². The van der Waals surface area contributed by atoms with E-state index in [1.165, 1.54) is 0 Å². The maximum atomic E-state index is 14.0. The van der Waals surface area contributed by atoms with Crippen molar-refractivity contribution in [1.29, 1.82) is 0 Å². The van der Waals surface area contributed by atoms with Crippen molar-refractivity contribution in [3.8, 4) is 0 Å². The number of hydrogen-bond donors (Lipinski definition) is 5. The average molecular weight is 505 g/mol. The lowest BCUT2D eigenvalue weighted by Crippen LogP contribution is -2.60. The molecular formula is C28H36N6O3. The maximum Gasteiger partial charge on any atom is 0.245 e. The van der Waals surface area contributed by atoms with Crippen molar-refractivity contribution in [1.82, 2.24) is 26.1 Å². The molecule has 0 bridgehead atoms. The number of fused-ring (bicyclic) bond motifs is 1. The second kappa shape index (κ2) is 11.6. The summed E-state index contributed by atoms with van der Waals surface area (Å²) >= 11 is 0. The third kappa shape index (κ3) is 6.00. The van der Waals surface area contributed by atoms with Crippen LogP contribution in [0.5, 0.6) is 0 Å². The first-order chi connectivity index (χ1) is 17.8. The van der Waals surface area contributed by atoms with E-state index in [1.807, 2.05) is 60.8 Å². The van der Waals surface area contributed by atoms with E-state index in [9.17, 15) is 14.4 Å². The summed E-state index contributed by atoms with van der Waals surface area (Å²) in [5.41, 5.74) is 13.5. The van der Waals surface area contributed by atoms with E-state index in [0.717, 1.165) is 22.0 Å². The molecule has 3 aromatic rings. The second-order valence-corrected chi connectivity index (χ2v) is 9.92. The summed E-state index contributed by atoms with van der Waals surface area (Å²) in [7, 11) is 1.65. The molecule has 0 radical (unpaired) electrons. The number of nitrogens with two attached hydrogens (primary N) is 1. The minimum Gasteiger partial charge on any atom is -0.361 e. The lowest BCUT2D eigenvalue weighted by Gasteiger charge is -2.43. The highest BCUT2D eigenvalue weighted by atomic mass is 16.2. The highest BCUT2D eigenvalue weighted by Gasteiger charge is 2.44. The molecule has 2 unspecified atom stereocenters. The van der Waals surface area contributed by atoms with Crippen molar-refractivity contribution in [2.75, 3.05) is 20.1 Å². The molecule has 9 heteroatoms. The fraction of sp³-hybridized carbons (Fsp3) is 0.393. The SMILES string of the molecule is CNNC(=O)C1(Cc2ccccc2)CCCN(C(=O)[C@@H](Cc2c[nH]c3ccccc23)NC(=O)C(C)N)C1. The van der Waals surface area contributed by atoms with Gasteiger partial charge < -0.3 is 20.9 Å². The predicted octanol–water partition coefficient (Wildman–Crippen LogP) is 1.64. The quantitative estimate of drug-likeness (QED) is 0.283. The van der Waals surface area contributed by atoms with E-state index in [-0.39, 0.29) is 18.4 Å². The number of amides is 3. The van der Waals surface area contributed by atoms with Gasteiger partial charge in [-0.2, -0.15) is 0 Å². The van der Waals surface area contributed by atoms with Crippen LogP contribution in [0.1, 0.15) is 30.9 Å². The highest BCUT2D eigenvalue weighted by Crippen LogP contribution is 2.35. The van der Waals surface area contributed by atoms with Gasteiger partial charge in [-0.15, -0.1) is 0 Å². The van der Waals surface area contributed by atoms with Crippen molar-refractivity contribution in [3.05, 3.63) is 71.9 Å². The van der Waals surface area contributed by atoms with Crippen molar-refractivity contribution in [3.63, 3.8) is 0 Å². The van der Waals surface area contributed by atoms with Crippen LogP contribution in [0.25, 0.3) is 10.9 Å². The van der Waals surface area contributed by atoms with E-state index in [1.54, 1.807) is 18.9 Å². The summed E-state index contributed by atoms with van der Waals surface area (Å²) in [6.45, 7) is 2.36. The second-order valence-electron chi connectivity index (χ2n) is 9.92. The summed E-state index contributed by atoms with van der Waals surface area (Å²) in [6, 6.07) is 16.1. The zero-order chi connectivity index (χ0) is 26.4. The number of benzene rings is 2. The van der Waals surface area contributed by atoms with Crippen LogP contribution in [-0.4, -0.2) is 59.8 Å². The number of piperidine rings is 1. The molecule has 1 aromatic heterocycles. The molecule has 1 saturated heterocycles. The number of rotatable bonds is 9. The molecule has 0 spiro atoms. The minimum absolute atomic E-state index is 0.149. The number of hydrazine groups is 1. The van der Waals surface area contributed by atoms with Gasteiger partial charge in [0.25, 0.3) is 0 Å². The van der Waals surface area contributed by atoms with E-state index in [2.05, 4.69) is 21.2 Å². The van der Waals surface area contributed by atoms with Crippen LogP contribution in [-0.2, 0) is 27.2 Å². The number of hydrogen-bond acceptors (Lipinski definition) is 5. The fourth-order valence-corrected chi connectivity index (χ4v) is 5.21. The summed E-state index contributed by atoms with van der Waals surface area (Å²) in [4.78, 5) is 44.9. The molecule has 3 amide bonds. The number of nitrogens with one attached hydrogen (secondary N) is 4. The molecule has 3 atom stereocenters. The Bertz CT molecular complexity index is 1240. The molecular weight excluding hydrogens is 468 g/mol. The molecule has 196 valence electrons. The van der Waals surface area contributed by atoms with Gasteiger partial charge in [0, 0.05) is 43.7 Å². The van der Waals surface area contributed by atoms with Gasteiger partial charge in [0.05, 0.1) is 11.5 Å². The van der Waals surface area contributed by atoms with Gasteiger partial charge in [0.1, 0.15) is 6.04 Å². The van der Waals surface area contributed by atoms with Gasteiger partial charge in [0.2, 0.25) is 17.7 Å². The number of carbonyl (C=O) groups is 3. The largest absolute Gasteiger partial charge is 0.361 e. The van der Waals surface area contributed by atoms with Crippen molar-refractivity contribution < 1.29 is 14.4 Å². The van der Waals surface area contributed by atoms with Crippen LogP contribution in [0.2, 0.25) is 0 Å². The van der Waals surface area contributed by atoms with Crippen LogP contribution in [0.15, 0.2) is 60.8 Å². The molecule has 2 heterocycles. The molecule has 0 aliphatic carbocycles. The number of likely N-dealkylation sites (tertiary alicyclic amines) is 1. The number of H-pyrrole nitrogens is 1. The van der Waals surface area contributed by atoms with E-state index >= 15 is 0 Å². The molecule has 1 fully saturated rings. The summed E-state index contributed by atoms with van der Waals surface area (Å²) in [5, 5.41) is 3.87. The third-order valence-electron chi connectivity index (χ3n) is 7.12. The van der Waals surface area contributed by atoms with Gasteiger partial charge >= 0.3 is 0 Å². The van der Waals surface area contributed by atoms with Crippen LogP contribution in [0, 0.1) is 5.41 Å². The lowest BCUT2D eigenvalue weighted by molar-refractivity contribution is -0.144. The van der Waals surface area contributed by atoms with Crippen molar-refractivity contribution >= 4 is 28.6 Å². The van der Waals surface area contributed by atoms with Gasteiger partial charge in [-0.05, 0) is 43.4 Å². The Morgan fingerprint density at radius 2 is 1.84 bits per heavy atom. The third-order valence-corrected chi connectivity index (χ3v) is 7.12. The number of aromatic nitrogens is 1. The van der Waals surface area contributed by atoms with Crippen LogP contribution in [0.4, 0.5) is 0 Å². The number of para-hydroxylation sites is 1. The Morgan fingerprint density at radius 1 is 1.11 bits per heavy atom. The normalized spacial score (nSPS) is 19.3. The zero-order valence-electron chi connectivity index (χ0n) is 21.4. The molecule has 9 nitrogen and oxygen atoms in total. The molecule has 0 saturated carbocycles. The predicted molar refractivity (Wildman–Crippen MR) is 143 cm³/mol. The minimum atomic E-state index is -0.808. The molecule has 37 heavy (non-hydrogen) atoms. The molecule has 4 rings (SSSR count). The standard InChI is InChI=1S/C28H36N6O3/c1-19(29)25(35)32-24(15-21-17-31-23-12-7-6-11-22(21)23)26(36)34-14-8-13-28(18-34,27(37)33-30-2)16-20-9-4-3-5-10-20/h3-7,9-12,17,19,24,30-31H,8,13-16,18,29H2,1-2H3,(H,32,35)(H,33,37)/t19?,24-,28?/m1/s1. The molecule has 2 aromatic carbocycles. The Hall–Kier alpha value is -3.69. The van der Waals surface area contributed by atoms with Crippen LogP contribution >= 0.6 is 0 Å². The Balaban J connectivity index is 1.61. The topological polar surface area (TPSA) is 132 Å². The summed E-state index contributed by atoms with van der Waals surface area (Å²) in [5.74, 6) is -0.753. The van der Waals surface area contributed by atoms with Crippen LogP contribution < -0.4 is 21.9 Å². The Kier molecular flexibility index (Phi) is 8.25. The van der Waals surface area contributed by atoms with Crippen molar-refractivity contribution in [2.24, 2.45) is 11.1 Å². The fourth-order valence-electron chi connectivity index (χ4n) is 5.21. The van der Waals surface area contributed by atoms with Crippen molar-refractivity contribution in [2.45, 2.75) is 44.7 Å². The lowest BCUT2D eigenvalue weighted by atomic mass is 9.74. The zero-order valence-corrected chi connectivity index (χ0v) is 21.4. The van der Waals surface area contributed by atoms with Gasteiger partial charge in [-0.25, -0.2) is 5.43 Å². The summed E-state index contributed by atoms with van der Waals surface area (Å²) < 4.78 is 0. The monoisotopic (exact) mass is 504 g/mol. The number of carbonyl (C=O) groups excluding carboxylic acids is 3. The summed E-state index contributed by atoms with van der Waals surface area (Å²) in [6.07, 6.45) is 4.02. The van der Waals surface area contributed by atoms with E-state index in [0.29, 0.717) is 32.2 Å². The van der Waals surface area contributed by atoms with Gasteiger partial charge in [-0.3, -0.25) is 19.8 Å².